The lowest BCUT2D eigenvalue weighted by Crippen LogP contribution is -2.56. The van der Waals surface area contributed by atoms with E-state index in [2.05, 4.69) is 10.3 Å². The highest BCUT2D eigenvalue weighted by Crippen LogP contribution is 2.48. The van der Waals surface area contributed by atoms with Crippen molar-refractivity contribution < 1.29 is 37.1 Å². The molecular weight excluding hydrogens is 562 g/mol. The third-order valence-corrected chi connectivity index (χ3v) is 9.07. The summed E-state index contributed by atoms with van der Waals surface area (Å²) in [6, 6.07) is 4.49. The minimum Gasteiger partial charge on any atom is -0.449 e. The lowest BCUT2D eigenvalue weighted by Gasteiger charge is -2.36. The lowest BCUT2D eigenvalue weighted by atomic mass is 10.2. The molecule has 11 nitrogen and oxygen atoms in total. The van der Waals surface area contributed by atoms with E-state index in [1.165, 1.54) is 38.6 Å². The molecule has 2 heterocycles. The Morgan fingerprint density at radius 1 is 1.05 bits per heavy atom. The molecule has 0 saturated carbocycles. The molecule has 1 unspecified atom stereocenters. The molecule has 2 aromatic rings. The van der Waals surface area contributed by atoms with Crippen molar-refractivity contribution in [3.63, 3.8) is 0 Å². The van der Waals surface area contributed by atoms with Crippen molar-refractivity contribution in [1.82, 2.24) is 20.1 Å². The minimum atomic E-state index is -3.72. The number of nitrogens with zero attached hydrogens (tertiary/aromatic N) is 3. The van der Waals surface area contributed by atoms with Gasteiger partial charge in [0.15, 0.2) is 0 Å². The van der Waals surface area contributed by atoms with E-state index in [4.69, 9.17) is 13.8 Å². The second-order valence-electron chi connectivity index (χ2n) is 8.98. The van der Waals surface area contributed by atoms with Crippen molar-refractivity contribution in [3.8, 4) is 10.6 Å². The van der Waals surface area contributed by atoms with Crippen LogP contribution in [0.2, 0.25) is 0 Å². The molecule has 0 spiro atoms. The van der Waals surface area contributed by atoms with E-state index in [1.807, 2.05) is 6.92 Å². The number of aromatic nitrogens is 1. The smallest absolute Gasteiger partial charge is 0.409 e. The summed E-state index contributed by atoms with van der Waals surface area (Å²) in [7, 11) is -3.72. The summed E-state index contributed by atoms with van der Waals surface area (Å²) in [6.07, 6.45) is 0.885. The Labute approximate surface area is 237 Å². The molecule has 220 valence electrons. The summed E-state index contributed by atoms with van der Waals surface area (Å²) in [5.41, 5.74) is 0.700. The Hall–Kier alpha value is -2.86. The minimum absolute atomic E-state index is 0.0596. The summed E-state index contributed by atoms with van der Waals surface area (Å²) in [5, 5.41) is 4.70. The Morgan fingerprint density at radius 3 is 2.27 bits per heavy atom. The number of nitrogens with one attached hydrogen (secondary N) is 1. The molecule has 3 amide bonds. The van der Waals surface area contributed by atoms with Crippen LogP contribution < -0.4 is 5.32 Å². The van der Waals surface area contributed by atoms with Crippen LogP contribution in [0.25, 0.3) is 10.6 Å². The monoisotopic (exact) mass is 598 g/mol. The van der Waals surface area contributed by atoms with Gasteiger partial charge in [0.05, 0.1) is 26.0 Å². The van der Waals surface area contributed by atoms with E-state index in [-0.39, 0.29) is 57.1 Å². The van der Waals surface area contributed by atoms with Crippen LogP contribution in [0.4, 0.5) is 9.18 Å². The SMILES string of the molecule is CCCCOC(=O)N1CCN(C(=O)C(CP(=O)(OCC)OCC)NC(=O)c2csc(-c3ccc(F)cc3)n2)CC1. The number of hydrogen-bond donors (Lipinski definition) is 1. The maximum absolute atomic E-state index is 13.6. The average molecular weight is 599 g/mol. The third-order valence-electron chi connectivity index (χ3n) is 6.06. The molecule has 1 N–H and O–H groups in total. The van der Waals surface area contributed by atoms with Crippen molar-refractivity contribution in [2.45, 2.75) is 39.7 Å². The normalized spacial score (nSPS) is 14.6. The summed E-state index contributed by atoms with van der Waals surface area (Å²) in [5.74, 6) is -1.50. The van der Waals surface area contributed by atoms with E-state index >= 15 is 0 Å². The predicted octanol–water partition coefficient (Wildman–Crippen LogP) is 4.39. The van der Waals surface area contributed by atoms with Crippen LogP contribution in [0.5, 0.6) is 0 Å². The van der Waals surface area contributed by atoms with Gasteiger partial charge in [-0.15, -0.1) is 11.3 Å². The van der Waals surface area contributed by atoms with E-state index in [0.717, 1.165) is 12.8 Å². The molecule has 40 heavy (non-hydrogen) atoms. The van der Waals surface area contributed by atoms with Gasteiger partial charge in [0.1, 0.15) is 22.6 Å². The molecule has 1 fully saturated rings. The van der Waals surface area contributed by atoms with Crippen LogP contribution in [0, 0.1) is 5.82 Å². The van der Waals surface area contributed by atoms with Crippen molar-refractivity contribution in [2.24, 2.45) is 0 Å². The zero-order chi connectivity index (χ0) is 29.1. The number of ether oxygens (including phenoxy) is 1. The molecular formula is C26H36FN4O7PS. The molecule has 14 heteroatoms. The van der Waals surface area contributed by atoms with Crippen molar-refractivity contribution in [3.05, 3.63) is 41.2 Å². The zero-order valence-electron chi connectivity index (χ0n) is 23.0. The summed E-state index contributed by atoms with van der Waals surface area (Å²) in [4.78, 5) is 46.4. The number of benzene rings is 1. The van der Waals surface area contributed by atoms with Gasteiger partial charge in [-0.3, -0.25) is 14.2 Å². The number of hydrogen-bond acceptors (Lipinski definition) is 9. The molecule has 0 bridgehead atoms. The van der Waals surface area contributed by atoms with Crippen molar-refractivity contribution in [2.75, 3.05) is 52.2 Å². The van der Waals surface area contributed by atoms with Gasteiger partial charge in [0, 0.05) is 37.1 Å². The standard InChI is InChI=1S/C26H36FN4O7PS/c1-4-7-16-36-26(34)31-14-12-30(13-15-31)25(33)21(17-39(35,37-5-2)38-6-3)28-23(32)22-18-40-24(29-22)19-8-10-20(27)11-9-19/h8-11,18,21H,4-7,12-17H2,1-3H3,(H,28,32). The number of amides is 3. The number of carbonyl (C=O) groups excluding carboxylic acids is 3. The van der Waals surface area contributed by atoms with Gasteiger partial charge in [-0.05, 0) is 44.5 Å². The Morgan fingerprint density at radius 2 is 1.68 bits per heavy atom. The fourth-order valence-electron chi connectivity index (χ4n) is 4.01. The van der Waals surface area contributed by atoms with Crippen LogP contribution in [-0.4, -0.2) is 90.9 Å². The van der Waals surface area contributed by atoms with Crippen LogP contribution in [0.15, 0.2) is 29.6 Å². The second kappa shape index (κ2) is 15.2. The van der Waals surface area contributed by atoms with E-state index < -0.39 is 31.5 Å². The largest absolute Gasteiger partial charge is 0.449 e. The number of rotatable bonds is 13. The van der Waals surface area contributed by atoms with Gasteiger partial charge in [0.25, 0.3) is 5.91 Å². The van der Waals surface area contributed by atoms with Crippen LogP contribution >= 0.6 is 18.9 Å². The molecule has 0 radical (unpaired) electrons. The molecule has 1 aromatic carbocycles. The van der Waals surface area contributed by atoms with Gasteiger partial charge in [-0.25, -0.2) is 14.2 Å². The average Bonchev–Trinajstić information content (AvgIpc) is 3.44. The zero-order valence-corrected chi connectivity index (χ0v) is 24.7. The molecule has 3 rings (SSSR count). The van der Waals surface area contributed by atoms with Gasteiger partial charge >= 0.3 is 13.7 Å². The number of carbonyl (C=O) groups is 3. The summed E-state index contributed by atoms with van der Waals surface area (Å²) in [6.45, 7) is 6.81. The molecule has 1 saturated heterocycles. The quantitative estimate of drug-likeness (QED) is 0.266. The van der Waals surface area contributed by atoms with Gasteiger partial charge in [-0.2, -0.15) is 0 Å². The van der Waals surface area contributed by atoms with Crippen LogP contribution in [0.1, 0.15) is 44.1 Å². The molecule has 1 aliphatic heterocycles. The number of thiazole rings is 1. The Kier molecular flexibility index (Phi) is 12.1. The predicted molar refractivity (Wildman–Crippen MR) is 149 cm³/mol. The number of halogens is 1. The lowest BCUT2D eigenvalue weighted by molar-refractivity contribution is -0.134. The van der Waals surface area contributed by atoms with E-state index in [1.54, 1.807) is 26.0 Å². The molecule has 1 aromatic heterocycles. The number of piperazine rings is 1. The fourth-order valence-corrected chi connectivity index (χ4v) is 6.58. The van der Waals surface area contributed by atoms with Crippen LogP contribution in [0.3, 0.4) is 0 Å². The van der Waals surface area contributed by atoms with Gasteiger partial charge in [0.2, 0.25) is 5.91 Å². The maximum Gasteiger partial charge on any atom is 0.409 e. The van der Waals surface area contributed by atoms with Crippen molar-refractivity contribution in [1.29, 1.82) is 0 Å². The Bertz CT molecular complexity index is 1180. The van der Waals surface area contributed by atoms with Crippen molar-refractivity contribution >= 4 is 36.8 Å². The maximum atomic E-state index is 13.6. The first-order valence-electron chi connectivity index (χ1n) is 13.3. The first kappa shape index (κ1) is 31.7. The van der Waals surface area contributed by atoms with Gasteiger partial charge < -0.3 is 28.9 Å². The highest BCUT2D eigenvalue weighted by atomic mass is 32.1. The molecule has 1 aliphatic rings. The molecule has 0 aliphatic carbocycles. The third kappa shape index (κ3) is 8.82. The first-order chi connectivity index (χ1) is 19.2. The first-order valence-corrected chi connectivity index (χ1v) is 15.9. The summed E-state index contributed by atoms with van der Waals surface area (Å²) < 4.78 is 42.7. The fraction of sp³-hybridized carbons (Fsp3) is 0.538. The summed E-state index contributed by atoms with van der Waals surface area (Å²) >= 11 is 1.20. The molecule has 1 atom stereocenters. The van der Waals surface area contributed by atoms with Crippen LogP contribution in [-0.2, 0) is 23.1 Å². The van der Waals surface area contributed by atoms with E-state index in [9.17, 15) is 23.3 Å². The number of unbranched alkanes of at least 4 members (excludes halogenated alkanes) is 1. The van der Waals surface area contributed by atoms with Gasteiger partial charge in [-0.1, -0.05) is 13.3 Å². The Balaban J connectivity index is 1.73. The highest BCUT2D eigenvalue weighted by Gasteiger charge is 2.37. The highest BCUT2D eigenvalue weighted by molar-refractivity contribution is 7.54. The topological polar surface area (TPSA) is 127 Å². The van der Waals surface area contributed by atoms with E-state index in [0.29, 0.717) is 17.2 Å². The second-order valence-corrected chi connectivity index (χ2v) is 11.9.